The van der Waals surface area contributed by atoms with Crippen molar-refractivity contribution in [1.82, 2.24) is 10.2 Å². The minimum Gasteiger partial charge on any atom is -0.355 e. The number of hydrogen-bond donors (Lipinski definition) is 2. The second-order valence-electron chi connectivity index (χ2n) is 6.70. The van der Waals surface area contributed by atoms with Crippen molar-refractivity contribution in [3.05, 3.63) is 0 Å². The van der Waals surface area contributed by atoms with Crippen LogP contribution in [0.1, 0.15) is 52.4 Å². The minimum absolute atomic E-state index is 0.154. The Morgan fingerprint density at radius 2 is 2.00 bits per heavy atom. The molecule has 1 unspecified atom stereocenters. The molecule has 1 fully saturated rings. The van der Waals surface area contributed by atoms with Gasteiger partial charge in [0.15, 0.2) is 0 Å². The van der Waals surface area contributed by atoms with Gasteiger partial charge in [0.05, 0.1) is 0 Å². The number of hydrogen-bond acceptors (Lipinski definition) is 3. The van der Waals surface area contributed by atoms with E-state index in [1.54, 1.807) is 0 Å². The first-order chi connectivity index (χ1) is 9.52. The highest BCUT2D eigenvalue weighted by Gasteiger charge is 2.19. The van der Waals surface area contributed by atoms with Crippen molar-refractivity contribution in [2.75, 3.05) is 26.7 Å². The van der Waals surface area contributed by atoms with Gasteiger partial charge in [-0.3, -0.25) is 4.79 Å². The van der Waals surface area contributed by atoms with E-state index in [2.05, 4.69) is 31.1 Å². The average Bonchev–Trinajstić information content (AvgIpc) is 2.91. The van der Waals surface area contributed by atoms with E-state index < -0.39 is 0 Å². The zero-order valence-corrected chi connectivity index (χ0v) is 13.5. The summed E-state index contributed by atoms with van der Waals surface area (Å²) >= 11 is 0. The van der Waals surface area contributed by atoms with E-state index in [0.29, 0.717) is 24.8 Å². The summed E-state index contributed by atoms with van der Waals surface area (Å²) in [5, 5.41) is 3.04. The quantitative estimate of drug-likeness (QED) is 0.680. The van der Waals surface area contributed by atoms with Crippen LogP contribution in [-0.4, -0.2) is 43.5 Å². The molecule has 0 heterocycles. The number of nitrogens with one attached hydrogen (secondary N) is 1. The second-order valence-corrected chi connectivity index (χ2v) is 6.70. The summed E-state index contributed by atoms with van der Waals surface area (Å²) < 4.78 is 0. The Morgan fingerprint density at radius 1 is 1.35 bits per heavy atom. The summed E-state index contributed by atoms with van der Waals surface area (Å²) in [6, 6.07) is 0.727. The fraction of sp³-hybridized carbons (Fsp3) is 0.938. The lowest BCUT2D eigenvalue weighted by molar-refractivity contribution is -0.122. The number of rotatable bonds is 9. The monoisotopic (exact) mass is 283 g/mol. The molecule has 0 spiro atoms. The van der Waals surface area contributed by atoms with Crippen LogP contribution in [0.5, 0.6) is 0 Å². The molecule has 1 aliphatic rings. The Bertz CT molecular complexity index is 275. The van der Waals surface area contributed by atoms with Crippen LogP contribution in [0.25, 0.3) is 0 Å². The molecular formula is C16H33N3O. The summed E-state index contributed by atoms with van der Waals surface area (Å²) in [5.41, 5.74) is 5.74. The van der Waals surface area contributed by atoms with Crippen LogP contribution < -0.4 is 11.1 Å². The highest BCUT2D eigenvalue weighted by Crippen LogP contribution is 2.21. The topological polar surface area (TPSA) is 58.4 Å². The van der Waals surface area contributed by atoms with Gasteiger partial charge in [0.1, 0.15) is 0 Å². The molecule has 1 aliphatic carbocycles. The van der Waals surface area contributed by atoms with Crippen molar-refractivity contribution >= 4 is 5.91 Å². The predicted octanol–water partition coefficient (Wildman–Crippen LogP) is 1.99. The third-order valence-electron chi connectivity index (χ3n) is 4.35. The van der Waals surface area contributed by atoms with Crippen molar-refractivity contribution in [3.8, 4) is 0 Å². The number of nitrogens with zero attached hydrogens (tertiary/aromatic N) is 1. The Hall–Kier alpha value is -0.610. The summed E-state index contributed by atoms with van der Waals surface area (Å²) in [5.74, 6) is 1.08. The summed E-state index contributed by atoms with van der Waals surface area (Å²) in [4.78, 5) is 14.3. The van der Waals surface area contributed by atoms with Gasteiger partial charge in [0, 0.05) is 25.6 Å². The van der Waals surface area contributed by atoms with Crippen LogP contribution in [0.3, 0.4) is 0 Å². The molecule has 1 atom stereocenters. The number of amides is 1. The molecule has 1 amide bonds. The van der Waals surface area contributed by atoms with E-state index >= 15 is 0 Å². The van der Waals surface area contributed by atoms with Gasteiger partial charge in [-0.25, -0.2) is 0 Å². The first-order valence-electron chi connectivity index (χ1n) is 8.20. The molecule has 0 aromatic rings. The maximum atomic E-state index is 11.9. The number of nitrogens with two attached hydrogens (primary N) is 1. The summed E-state index contributed by atoms with van der Waals surface area (Å²) in [7, 11) is 2.17. The molecule has 118 valence electrons. The van der Waals surface area contributed by atoms with Crippen molar-refractivity contribution in [1.29, 1.82) is 0 Å². The largest absolute Gasteiger partial charge is 0.355 e. The first kappa shape index (κ1) is 17.4. The average molecular weight is 283 g/mol. The van der Waals surface area contributed by atoms with Crippen molar-refractivity contribution < 1.29 is 4.79 Å². The molecule has 0 radical (unpaired) electrons. The number of likely N-dealkylation sites (N-methyl/N-ethyl adjacent to an activating group) is 1. The molecule has 20 heavy (non-hydrogen) atoms. The molecule has 0 bridgehead atoms. The Morgan fingerprint density at radius 3 is 2.55 bits per heavy atom. The minimum atomic E-state index is 0.154. The molecule has 1 rings (SSSR count). The lowest BCUT2D eigenvalue weighted by Crippen LogP contribution is -2.38. The maximum absolute atomic E-state index is 11.9. The zero-order valence-electron chi connectivity index (χ0n) is 13.5. The van der Waals surface area contributed by atoms with Gasteiger partial charge >= 0.3 is 0 Å². The smallest absolute Gasteiger partial charge is 0.220 e. The van der Waals surface area contributed by atoms with Crippen LogP contribution in [0.15, 0.2) is 0 Å². The molecule has 0 saturated heterocycles. The van der Waals surface area contributed by atoms with Crippen LogP contribution in [0.4, 0.5) is 0 Å². The van der Waals surface area contributed by atoms with E-state index in [9.17, 15) is 4.79 Å². The van der Waals surface area contributed by atoms with Crippen molar-refractivity contribution in [2.45, 2.75) is 58.4 Å². The second kappa shape index (κ2) is 9.35. The zero-order chi connectivity index (χ0) is 15.0. The lowest BCUT2D eigenvalue weighted by Gasteiger charge is -2.24. The van der Waals surface area contributed by atoms with Gasteiger partial charge in [0.2, 0.25) is 5.91 Å². The molecule has 4 nitrogen and oxygen atoms in total. The van der Waals surface area contributed by atoms with E-state index in [1.807, 2.05) is 0 Å². The van der Waals surface area contributed by atoms with Crippen LogP contribution in [0, 0.1) is 11.8 Å². The molecule has 0 aromatic carbocycles. The van der Waals surface area contributed by atoms with E-state index in [1.165, 1.54) is 25.7 Å². The highest BCUT2D eigenvalue weighted by molar-refractivity contribution is 5.76. The third kappa shape index (κ3) is 6.71. The van der Waals surface area contributed by atoms with E-state index in [-0.39, 0.29) is 5.91 Å². The molecular weight excluding hydrogens is 250 g/mol. The van der Waals surface area contributed by atoms with Gasteiger partial charge in [-0.2, -0.15) is 0 Å². The highest BCUT2D eigenvalue weighted by atomic mass is 16.1. The standard InChI is InChI=1S/C16H33N3O/c1-13(2)10-14(12-17)11-16(20)18-8-9-19(3)15-6-4-5-7-15/h13-15H,4-12,17H2,1-3H3,(H,18,20). The molecule has 4 heteroatoms. The Labute approximate surface area is 124 Å². The first-order valence-corrected chi connectivity index (χ1v) is 8.20. The van der Waals surface area contributed by atoms with Crippen LogP contribution in [-0.2, 0) is 4.79 Å². The number of carbonyl (C=O) groups is 1. The fourth-order valence-corrected chi connectivity index (χ4v) is 3.16. The van der Waals surface area contributed by atoms with Crippen molar-refractivity contribution in [3.63, 3.8) is 0 Å². The number of carbonyl (C=O) groups excluding carboxylic acids is 1. The predicted molar refractivity (Wildman–Crippen MR) is 84.5 cm³/mol. The third-order valence-corrected chi connectivity index (χ3v) is 4.35. The maximum Gasteiger partial charge on any atom is 0.220 e. The molecule has 3 N–H and O–H groups in total. The Kier molecular flexibility index (Phi) is 8.15. The Balaban J connectivity index is 2.15. The van der Waals surface area contributed by atoms with Crippen LogP contribution in [0.2, 0.25) is 0 Å². The lowest BCUT2D eigenvalue weighted by atomic mass is 9.94. The fourth-order valence-electron chi connectivity index (χ4n) is 3.16. The molecule has 0 aromatic heterocycles. The summed E-state index contributed by atoms with van der Waals surface area (Å²) in [6.07, 6.45) is 6.94. The van der Waals surface area contributed by atoms with Crippen molar-refractivity contribution in [2.24, 2.45) is 17.6 Å². The van der Waals surface area contributed by atoms with Gasteiger partial charge in [-0.15, -0.1) is 0 Å². The molecule has 0 aliphatic heterocycles. The van der Waals surface area contributed by atoms with Gasteiger partial charge in [-0.1, -0.05) is 26.7 Å². The van der Waals surface area contributed by atoms with Crippen LogP contribution >= 0.6 is 0 Å². The van der Waals surface area contributed by atoms with Gasteiger partial charge < -0.3 is 16.0 Å². The van der Waals surface area contributed by atoms with E-state index in [0.717, 1.165) is 25.6 Å². The van der Waals surface area contributed by atoms with E-state index in [4.69, 9.17) is 5.73 Å². The SMILES string of the molecule is CC(C)CC(CN)CC(=O)NCCN(C)C1CCCC1. The van der Waals surface area contributed by atoms with Gasteiger partial charge in [0.25, 0.3) is 0 Å². The summed E-state index contributed by atoms with van der Waals surface area (Å²) in [6.45, 7) is 6.67. The molecule has 1 saturated carbocycles. The normalized spacial score (nSPS) is 17.9. The van der Waals surface area contributed by atoms with Gasteiger partial charge in [-0.05, 0) is 44.7 Å².